The summed E-state index contributed by atoms with van der Waals surface area (Å²) in [5, 5.41) is 9.33. The molecule has 116 valence electrons. The average molecular weight is 301 g/mol. The van der Waals surface area contributed by atoms with Gasteiger partial charge in [-0.2, -0.15) is 4.98 Å². The van der Waals surface area contributed by atoms with Gasteiger partial charge in [0.05, 0.1) is 12.1 Å². The third kappa shape index (κ3) is 3.09. The van der Waals surface area contributed by atoms with E-state index in [1.54, 1.807) is 0 Å². The Balaban J connectivity index is 1.53. The molecule has 2 amide bonds. The van der Waals surface area contributed by atoms with E-state index in [4.69, 9.17) is 10.3 Å². The number of anilines is 1. The van der Waals surface area contributed by atoms with E-state index in [0.29, 0.717) is 11.7 Å². The lowest BCUT2D eigenvalue weighted by Crippen LogP contribution is -2.44. The van der Waals surface area contributed by atoms with Crippen molar-refractivity contribution in [1.29, 1.82) is 0 Å². The van der Waals surface area contributed by atoms with Crippen LogP contribution in [0.2, 0.25) is 0 Å². The number of urea groups is 1. The fourth-order valence-corrected chi connectivity index (χ4v) is 2.36. The van der Waals surface area contributed by atoms with Gasteiger partial charge in [0.25, 0.3) is 0 Å². The van der Waals surface area contributed by atoms with Crippen molar-refractivity contribution in [3.63, 3.8) is 0 Å². The first-order valence-corrected chi connectivity index (χ1v) is 7.29. The van der Waals surface area contributed by atoms with Crippen LogP contribution < -0.4 is 16.4 Å². The molecule has 0 unspecified atom stereocenters. The van der Waals surface area contributed by atoms with Gasteiger partial charge >= 0.3 is 6.03 Å². The lowest BCUT2D eigenvalue weighted by atomic mass is 9.77. The summed E-state index contributed by atoms with van der Waals surface area (Å²) in [5.74, 6) is 0.876. The van der Waals surface area contributed by atoms with Crippen molar-refractivity contribution < 1.29 is 9.32 Å². The van der Waals surface area contributed by atoms with Crippen LogP contribution >= 0.6 is 0 Å². The summed E-state index contributed by atoms with van der Waals surface area (Å²) in [4.78, 5) is 16.1. The first kappa shape index (κ1) is 14.5. The van der Waals surface area contributed by atoms with Crippen LogP contribution in [0.1, 0.15) is 36.5 Å². The second kappa shape index (κ2) is 5.76. The lowest BCUT2D eigenvalue weighted by Gasteiger charge is -2.34. The molecule has 1 saturated carbocycles. The standard InChI is InChI=1S/C15H19N5O2/c1-10-4-2-5-11(8-10)18-14(21)17-9-12-19-13(20-22-12)15(16)6-3-7-15/h2,4-5,8H,3,6-7,9,16H2,1H3,(H2,17,18,21). The van der Waals surface area contributed by atoms with Crippen LogP contribution in [-0.4, -0.2) is 16.2 Å². The molecule has 2 aromatic rings. The fraction of sp³-hybridized carbons (Fsp3) is 0.400. The summed E-state index contributed by atoms with van der Waals surface area (Å²) >= 11 is 0. The molecule has 0 spiro atoms. The third-order valence-electron chi connectivity index (χ3n) is 3.84. The van der Waals surface area contributed by atoms with Gasteiger partial charge in [-0.05, 0) is 43.9 Å². The molecule has 0 atom stereocenters. The second-order valence-corrected chi connectivity index (χ2v) is 5.70. The van der Waals surface area contributed by atoms with E-state index in [-0.39, 0.29) is 12.6 Å². The van der Waals surface area contributed by atoms with E-state index in [9.17, 15) is 4.79 Å². The Hall–Kier alpha value is -2.41. The van der Waals surface area contributed by atoms with Gasteiger partial charge in [-0.3, -0.25) is 0 Å². The molecule has 22 heavy (non-hydrogen) atoms. The zero-order chi connectivity index (χ0) is 15.6. The maximum Gasteiger partial charge on any atom is 0.319 e. The summed E-state index contributed by atoms with van der Waals surface area (Å²) in [6.45, 7) is 2.13. The molecule has 7 heteroatoms. The van der Waals surface area contributed by atoms with E-state index < -0.39 is 5.54 Å². The smallest absolute Gasteiger partial charge is 0.319 e. The average Bonchev–Trinajstić information content (AvgIpc) is 2.92. The Morgan fingerprint density at radius 2 is 2.27 bits per heavy atom. The number of nitrogens with zero attached hydrogens (tertiary/aromatic N) is 2. The van der Waals surface area contributed by atoms with Gasteiger partial charge < -0.3 is 20.9 Å². The van der Waals surface area contributed by atoms with Crippen LogP contribution in [0.5, 0.6) is 0 Å². The number of hydrogen-bond acceptors (Lipinski definition) is 5. The first-order chi connectivity index (χ1) is 10.5. The van der Waals surface area contributed by atoms with E-state index in [2.05, 4.69) is 20.8 Å². The maximum absolute atomic E-state index is 11.8. The van der Waals surface area contributed by atoms with Gasteiger partial charge in [0, 0.05) is 5.69 Å². The quantitative estimate of drug-likeness (QED) is 0.801. The lowest BCUT2D eigenvalue weighted by molar-refractivity contribution is 0.228. The Morgan fingerprint density at radius 1 is 1.45 bits per heavy atom. The largest absolute Gasteiger partial charge is 0.337 e. The Bertz CT molecular complexity index is 678. The van der Waals surface area contributed by atoms with Crippen molar-refractivity contribution in [3.05, 3.63) is 41.5 Å². The van der Waals surface area contributed by atoms with Crippen LogP contribution in [0.4, 0.5) is 10.5 Å². The highest BCUT2D eigenvalue weighted by Gasteiger charge is 2.38. The van der Waals surface area contributed by atoms with Crippen LogP contribution in [0.25, 0.3) is 0 Å². The topological polar surface area (TPSA) is 106 Å². The van der Waals surface area contributed by atoms with E-state index in [1.165, 1.54) is 0 Å². The van der Waals surface area contributed by atoms with Crippen molar-refractivity contribution in [2.24, 2.45) is 5.73 Å². The molecule has 0 saturated heterocycles. The van der Waals surface area contributed by atoms with Gasteiger partial charge in [-0.1, -0.05) is 17.3 Å². The second-order valence-electron chi connectivity index (χ2n) is 5.70. The molecule has 1 aliphatic carbocycles. The molecule has 7 nitrogen and oxygen atoms in total. The molecule has 0 radical (unpaired) electrons. The Kier molecular flexibility index (Phi) is 3.81. The predicted octanol–water partition coefficient (Wildman–Crippen LogP) is 2.04. The number of nitrogens with one attached hydrogen (secondary N) is 2. The fourth-order valence-electron chi connectivity index (χ4n) is 2.36. The van der Waals surface area contributed by atoms with Gasteiger partial charge in [0.2, 0.25) is 5.89 Å². The molecular weight excluding hydrogens is 282 g/mol. The molecule has 1 heterocycles. The molecule has 1 fully saturated rings. The molecule has 0 aliphatic heterocycles. The van der Waals surface area contributed by atoms with E-state index in [0.717, 1.165) is 30.5 Å². The van der Waals surface area contributed by atoms with Crippen molar-refractivity contribution >= 4 is 11.7 Å². The first-order valence-electron chi connectivity index (χ1n) is 7.29. The number of aryl methyl sites for hydroxylation is 1. The zero-order valence-electron chi connectivity index (χ0n) is 12.4. The molecule has 1 aromatic carbocycles. The SMILES string of the molecule is Cc1cccc(NC(=O)NCc2nc(C3(N)CCC3)no2)c1. The molecule has 4 N–H and O–H groups in total. The minimum absolute atomic E-state index is 0.167. The number of carbonyl (C=O) groups excluding carboxylic acids is 1. The third-order valence-corrected chi connectivity index (χ3v) is 3.84. The summed E-state index contributed by atoms with van der Waals surface area (Å²) in [6, 6.07) is 7.24. The molecule has 3 rings (SSSR count). The summed E-state index contributed by atoms with van der Waals surface area (Å²) in [7, 11) is 0. The highest BCUT2D eigenvalue weighted by molar-refractivity contribution is 5.89. The van der Waals surface area contributed by atoms with Crippen LogP contribution in [0.3, 0.4) is 0 Å². The van der Waals surface area contributed by atoms with Gasteiger partial charge in [-0.25, -0.2) is 4.79 Å². The number of hydrogen-bond donors (Lipinski definition) is 3. The Labute approximate surface area is 128 Å². The van der Waals surface area contributed by atoms with Crippen molar-refractivity contribution in [2.75, 3.05) is 5.32 Å². The monoisotopic (exact) mass is 301 g/mol. The normalized spacial score (nSPS) is 15.9. The van der Waals surface area contributed by atoms with Crippen LogP contribution in [0.15, 0.2) is 28.8 Å². The summed E-state index contributed by atoms with van der Waals surface area (Å²) in [5.41, 5.74) is 7.48. The molecule has 0 bridgehead atoms. The number of rotatable bonds is 4. The number of carbonyl (C=O) groups is 1. The number of aromatic nitrogens is 2. The molecule has 1 aromatic heterocycles. The Morgan fingerprint density at radius 3 is 2.95 bits per heavy atom. The van der Waals surface area contributed by atoms with Crippen LogP contribution in [-0.2, 0) is 12.1 Å². The summed E-state index contributed by atoms with van der Waals surface area (Å²) in [6.07, 6.45) is 2.82. The highest BCUT2D eigenvalue weighted by Crippen LogP contribution is 2.36. The number of nitrogens with two attached hydrogens (primary N) is 1. The van der Waals surface area contributed by atoms with Crippen molar-refractivity contribution in [2.45, 2.75) is 38.3 Å². The minimum atomic E-state index is -0.453. The number of amides is 2. The van der Waals surface area contributed by atoms with Crippen LogP contribution in [0, 0.1) is 6.92 Å². The predicted molar refractivity (Wildman–Crippen MR) is 81.1 cm³/mol. The van der Waals surface area contributed by atoms with E-state index in [1.807, 2.05) is 31.2 Å². The molecular formula is C15H19N5O2. The van der Waals surface area contributed by atoms with Crippen molar-refractivity contribution in [1.82, 2.24) is 15.5 Å². The summed E-state index contributed by atoms with van der Waals surface area (Å²) < 4.78 is 5.12. The maximum atomic E-state index is 11.8. The van der Waals surface area contributed by atoms with Gasteiger partial charge in [0.15, 0.2) is 5.82 Å². The highest BCUT2D eigenvalue weighted by atomic mass is 16.5. The molecule has 1 aliphatic rings. The zero-order valence-corrected chi connectivity index (χ0v) is 12.4. The van der Waals surface area contributed by atoms with Crippen molar-refractivity contribution in [3.8, 4) is 0 Å². The minimum Gasteiger partial charge on any atom is -0.337 e. The van der Waals surface area contributed by atoms with Gasteiger partial charge in [-0.15, -0.1) is 0 Å². The number of benzene rings is 1. The van der Waals surface area contributed by atoms with Gasteiger partial charge in [0.1, 0.15) is 0 Å². The van der Waals surface area contributed by atoms with E-state index >= 15 is 0 Å².